The summed E-state index contributed by atoms with van der Waals surface area (Å²) in [6.45, 7) is 4.86. The molecule has 0 spiro atoms. The first-order valence-corrected chi connectivity index (χ1v) is 10.4. The van der Waals surface area contributed by atoms with Gasteiger partial charge in [0.25, 0.3) is 11.6 Å². The Kier molecular flexibility index (Phi) is 7.03. The molecule has 9 nitrogen and oxygen atoms in total. The maximum absolute atomic E-state index is 12.5. The lowest BCUT2D eigenvalue weighted by Gasteiger charge is -2.36. The van der Waals surface area contributed by atoms with E-state index >= 15 is 0 Å². The molecule has 29 heavy (non-hydrogen) atoms. The third kappa shape index (κ3) is 5.66. The van der Waals surface area contributed by atoms with Crippen molar-refractivity contribution < 1.29 is 19.4 Å². The predicted octanol–water partition coefficient (Wildman–Crippen LogP) is 0.847. The highest BCUT2D eigenvalue weighted by Gasteiger charge is 2.30. The molecular weight excluding hydrogens is 374 g/mol. The monoisotopic (exact) mass is 404 g/mol. The number of benzene rings is 1. The van der Waals surface area contributed by atoms with Crippen LogP contribution in [-0.4, -0.2) is 55.1 Å². The third-order valence-corrected chi connectivity index (χ3v) is 6.01. The fraction of sp³-hybridized carbons (Fsp3) is 0.600. The van der Waals surface area contributed by atoms with Crippen molar-refractivity contribution in [3.63, 3.8) is 0 Å². The Labute approximate surface area is 170 Å². The number of nitro groups is 1. The predicted molar refractivity (Wildman–Crippen MR) is 109 cm³/mol. The molecule has 3 amide bonds. The van der Waals surface area contributed by atoms with E-state index in [2.05, 4.69) is 15.5 Å². The first kappa shape index (κ1) is 21.0. The zero-order valence-electron chi connectivity index (χ0n) is 16.9. The molecule has 1 saturated heterocycles. The van der Waals surface area contributed by atoms with Gasteiger partial charge in [0, 0.05) is 23.9 Å². The van der Waals surface area contributed by atoms with Gasteiger partial charge >= 0.3 is 6.03 Å². The normalized spacial score (nSPS) is 19.4. The van der Waals surface area contributed by atoms with Gasteiger partial charge in [-0.15, -0.1) is 0 Å². The van der Waals surface area contributed by atoms with Crippen molar-refractivity contribution in [3.8, 4) is 0 Å². The van der Waals surface area contributed by atoms with Crippen molar-refractivity contribution in [2.24, 2.45) is 0 Å². The second kappa shape index (κ2) is 9.69. The Balaban J connectivity index is 1.44. The number of hydrogen-bond acceptors (Lipinski definition) is 5. The fourth-order valence-corrected chi connectivity index (χ4v) is 4.14. The Bertz CT molecular complexity index is 725. The van der Waals surface area contributed by atoms with Gasteiger partial charge in [0.15, 0.2) is 6.04 Å². The molecule has 1 aliphatic carbocycles. The quantitative estimate of drug-likeness (QED) is 0.498. The molecule has 158 valence electrons. The summed E-state index contributed by atoms with van der Waals surface area (Å²) in [5.74, 6) is -0.253. The average Bonchev–Trinajstić information content (AvgIpc) is 2.74. The smallest absolute Gasteiger partial charge is 0.321 e. The largest absolute Gasteiger partial charge is 0.360 e. The van der Waals surface area contributed by atoms with Gasteiger partial charge in [0.1, 0.15) is 0 Å². The van der Waals surface area contributed by atoms with Crippen LogP contribution in [0.4, 0.5) is 16.2 Å². The number of carbonyl (C=O) groups excluding carboxylic acids is 2. The summed E-state index contributed by atoms with van der Waals surface area (Å²) in [7, 11) is 0. The van der Waals surface area contributed by atoms with Crippen LogP contribution in [0.2, 0.25) is 0 Å². The number of anilines is 1. The van der Waals surface area contributed by atoms with Gasteiger partial charge in [-0.3, -0.25) is 20.2 Å². The van der Waals surface area contributed by atoms with Crippen LogP contribution in [0.25, 0.3) is 0 Å². The number of piperazine rings is 1. The van der Waals surface area contributed by atoms with E-state index in [1.165, 1.54) is 18.6 Å². The number of rotatable bonds is 5. The van der Waals surface area contributed by atoms with Crippen LogP contribution >= 0.6 is 0 Å². The van der Waals surface area contributed by atoms with Crippen molar-refractivity contribution in [2.45, 2.75) is 51.1 Å². The Hall–Kier alpha value is -2.68. The SMILES string of the molecule is C[C@H](C(=O)NC(=O)NC1CCCCC1)[NH+]1CCN(c2ccc([N+](=O)[O-])cc2)CC1. The number of nitrogens with zero attached hydrogens (tertiary/aromatic N) is 2. The number of urea groups is 1. The molecule has 1 atom stereocenters. The highest BCUT2D eigenvalue weighted by molar-refractivity contribution is 5.96. The minimum absolute atomic E-state index is 0.0785. The summed E-state index contributed by atoms with van der Waals surface area (Å²) < 4.78 is 0. The van der Waals surface area contributed by atoms with E-state index in [9.17, 15) is 19.7 Å². The van der Waals surface area contributed by atoms with E-state index in [1.54, 1.807) is 12.1 Å². The first-order valence-electron chi connectivity index (χ1n) is 10.4. The van der Waals surface area contributed by atoms with Crippen molar-refractivity contribution in [3.05, 3.63) is 34.4 Å². The van der Waals surface area contributed by atoms with E-state index in [0.29, 0.717) is 0 Å². The number of amides is 3. The second-order valence-electron chi connectivity index (χ2n) is 7.94. The second-order valence-corrected chi connectivity index (χ2v) is 7.94. The van der Waals surface area contributed by atoms with E-state index in [1.807, 2.05) is 6.92 Å². The number of hydrogen-bond donors (Lipinski definition) is 3. The molecular formula is C20H30N5O4+. The maximum atomic E-state index is 12.5. The van der Waals surface area contributed by atoms with Crippen LogP contribution in [0.15, 0.2) is 24.3 Å². The number of nitro benzene ring substituents is 1. The molecule has 0 radical (unpaired) electrons. The fourth-order valence-electron chi connectivity index (χ4n) is 4.14. The summed E-state index contributed by atoms with van der Waals surface area (Å²) in [5, 5.41) is 16.2. The molecule has 3 N–H and O–H groups in total. The summed E-state index contributed by atoms with van der Waals surface area (Å²) in [6.07, 6.45) is 5.42. The molecule has 0 aromatic heterocycles. The number of carbonyl (C=O) groups is 2. The lowest BCUT2D eigenvalue weighted by atomic mass is 9.96. The Morgan fingerprint density at radius 3 is 2.34 bits per heavy atom. The van der Waals surface area contributed by atoms with Crippen molar-refractivity contribution >= 4 is 23.3 Å². The van der Waals surface area contributed by atoms with Crippen LogP contribution < -0.4 is 20.4 Å². The molecule has 0 unspecified atom stereocenters. The molecule has 1 aliphatic heterocycles. The van der Waals surface area contributed by atoms with Gasteiger partial charge in [0.05, 0.1) is 31.1 Å². The van der Waals surface area contributed by atoms with Gasteiger partial charge in [-0.05, 0) is 31.9 Å². The third-order valence-electron chi connectivity index (χ3n) is 6.01. The molecule has 1 saturated carbocycles. The minimum atomic E-state index is -0.406. The van der Waals surface area contributed by atoms with Crippen LogP contribution in [-0.2, 0) is 4.79 Å². The first-order chi connectivity index (χ1) is 13.9. The van der Waals surface area contributed by atoms with Gasteiger partial charge in [-0.2, -0.15) is 0 Å². The van der Waals surface area contributed by atoms with Gasteiger partial charge < -0.3 is 15.1 Å². The number of imide groups is 1. The number of non-ortho nitro benzene ring substituents is 1. The number of nitrogens with one attached hydrogen (secondary N) is 3. The molecule has 2 aliphatic rings. The zero-order valence-corrected chi connectivity index (χ0v) is 16.9. The number of quaternary nitrogens is 1. The van der Waals surface area contributed by atoms with Crippen LogP contribution in [0, 0.1) is 10.1 Å². The molecule has 1 heterocycles. The summed E-state index contributed by atoms with van der Waals surface area (Å²) in [6, 6.07) is 6.00. The van der Waals surface area contributed by atoms with Crippen LogP contribution in [0.5, 0.6) is 0 Å². The maximum Gasteiger partial charge on any atom is 0.321 e. The molecule has 3 rings (SSSR count). The molecule has 1 aromatic rings. The minimum Gasteiger partial charge on any atom is -0.360 e. The van der Waals surface area contributed by atoms with Gasteiger partial charge in [0.2, 0.25) is 0 Å². The molecule has 0 bridgehead atoms. The summed E-state index contributed by atoms with van der Waals surface area (Å²) >= 11 is 0. The standard InChI is InChI=1S/C20H29N5O4/c1-15(19(26)22-20(27)21-16-5-3-2-4-6-16)23-11-13-24(14-12-23)17-7-9-18(10-8-17)25(28)29/h7-10,15-16H,2-6,11-14H2,1H3,(H2,21,22,26,27)/p+1/t15-/m1/s1. The topological polar surface area (TPSA) is 109 Å². The lowest BCUT2D eigenvalue weighted by molar-refractivity contribution is -0.914. The molecule has 9 heteroatoms. The van der Waals surface area contributed by atoms with E-state index < -0.39 is 11.0 Å². The van der Waals surface area contributed by atoms with Crippen molar-refractivity contribution in [2.75, 3.05) is 31.1 Å². The Morgan fingerprint density at radius 1 is 1.14 bits per heavy atom. The zero-order chi connectivity index (χ0) is 20.8. The highest BCUT2D eigenvalue weighted by Crippen LogP contribution is 2.19. The highest BCUT2D eigenvalue weighted by atomic mass is 16.6. The summed E-state index contributed by atoms with van der Waals surface area (Å²) in [4.78, 5) is 38.3. The lowest BCUT2D eigenvalue weighted by Crippen LogP contribution is -3.19. The summed E-state index contributed by atoms with van der Waals surface area (Å²) in [5.41, 5.74) is 1.02. The van der Waals surface area contributed by atoms with Crippen molar-refractivity contribution in [1.29, 1.82) is 0 Å². The molecule has 2 fully saturated rings. The van der Waals surface area contributed by atoms with E-state index in [0.717, 1.165) is 62.4 Å². The van der Waals surface area contributed by atoms with E-state index in [4.69, 9.17) is 0 Å². The van der Waals surface area contributed by atoms with Crippen molar-refractivity contribution in [1.82, 2.24) is 10.6 Å². The van der Waals surface area contributed by atoms with Gasteiger partial charge in [-0.25, -0.2) is 4.79 Å². The van der Waals surface area contributed by atoms with Crippen LogP contribution in [0.3, 0.4) is 0 Å². The Morgan fingerprint density at radius 2 is 1.76 bits per heavy atom. The average molecular weight is 404 g/mol. The van der Waals surface area contributed by atoms with Crippen LogP contribution in [0.1, 0.15) is 39.0 Å². The van der Waals surface area contributed by atoms with E-state index in [-0.39, 0.29) is 23.7 Å². The van der Waals surface area contributed by atoms with Gasteiger partial charge in [-0.1, -0.05) is 19.3 Å². The molecule has 1 aromatic carbocycles.